The largest absolute Gasteiger partial charge is 0.497 e. The van der Waals surface area contributed by atoms with Crippen molar-refractivity contribution in [3.63, 3.8) is 0 Å². The minimum atomic E-state index is -0.467. The molecule has 9 heteroatoms. The van der Waals surface area contributed by atoms with E-state index in [4.69, 9.17) is 11.2 Å². The quantitative estimate of drug-likeness (QED) is 0.267. The Morgan fingerprint density at radius 1 is 1.36 bits per heavy atom. The molecule has 28 heavy (non-hydrogen) atoms. The zero-order valence-electron chi connectivity index (χ0n) is 14.8. The lowest BCUT2D eigenvalue weighted by Crippen LogP contribution is -2.17. The summed E-state index contributed by atoms with van der Waals surface area (Å²) in [6, 6.07) is 11.9. The maximum atomic E-state index is 12.3. The van der Waals surface area contributed by atoms with Gasteiger partial charge in [-0.3, -0.25) is 14.9 Å². The van der Waals surface area contributed by atoms with Crippen molar-refractivity contribution < 1.29 is 14.5 Å². The van der Waals surface area contributed by atoms with Crippen molar-refractivity contribution in [2.24, 2.45) is 4.99 Å². The number of nitrogens with zero attached hydrogens (tertiary/aromatic N) is 3. The van der Waals surface area contributed by atoms with E-state index in [-0.39, 0.29) is 23.9 Å². The molecule has 0 aliphatic carbocycles. The minimum Gasteiger partial charge on any atom is -0.497 e. The van der Waals surface area contributed by atoms with Crippen LogP contribution in [0.3, 0.4) is 0 Å². The van der Waals surface area contributed by atoms with E-state index >= 15 is 0 Å². The molecule has 0 aliphatic rings. The summed E-state index contributed by atoms with van der Waals surface area (Å²) in [6.07, 6.45) is 5.43. The second-order valence-corrected chi connectivity index (χ2v) is 7.61. The molecule has 1 aromatic heterocycles. The van der Waals surface area contributed by atoms with Crippen molar-refractivity contribution in [1.29, 1.82) is 0 Å². The van der Waals surface area contributed by atoms with Gasteiger partial charge in [-0.1, -0.05) is 17.3 Å². The Morgan fingerprint density at radius 3 is 2.75 bits per heavy atom. The smallest absolute Gasteiger partial charge is 0.271 e. The van der Waals surface area contributed by atoms with E-state index in [0.717, 1.165) is 15.3 Å². The average Bonchev–Trinajstić information content (AvgIpc) is 3.03. The highest BCUT2D eigenvalue weighted by atomic mass is 32.2. The molecule has 0 unspecified atom stereocenters. The fourth-order valence-corrected chi connectivity index (χ4v) is 4.17. The number of hydrogen-bond acceptors (Lipinski definition) is 6. The molecule has 1 amide bonds. The number of terminal acetylenes is 1. The molecular weight excluding hydrogens is 398 g/mol. The van der Waals surface area contributed by atoms with Gasteiger partial charge in [-0.2, -0.15) is 4.99 Å². The molecule has 7 nitrogen and oxygen atoms in total. The van der Waals surface area contributed by atoms with Crippen molar-refractivity contribution in [2.75, 3.05) is 12.9 Å². The molecule has 0 bridgehead atoms. The molecule has 0 fully saturated rings. The van der Waals surface area contributed by atoms with Gasteiger partial charge >= 0.3 is 0 Å². The summed E-state index contributed by atoms with van der Waals surface area (Å²) >= 11 is 2.64. The average molecular weight is 413 g/mol. The number of fused-ring (bicyclic) bond motifs is 1. The Kier molecular flexibility index (Phi) is 6.13. The minimum absolute atomic E-state index is 0.0380. The normalized spacial score (nSPS) is 11.4. The Morgan fingerprint density at radius 2 is 2.11 bits per heavy atom. The number of hydrogen-bond donors (Lipinski definition) is 0. The van der Waals surface area contributed by atoms with Crippen molar-refractivity contribution >= 4 is 44.9 Å². The van der Waals surface area contributed by atoms with Gasteiger partial charge in [-0.15, -0.1) is 18.2 Å². The van der Waals surface area contributed by atoms with Gasteiger partial charge in [-0.25, -0.2) is 0 Å². The number of carbonyl (C=O) groups excluding carboxylic acids is 1. The highest BCUT2D eigenvalue weighted by Crippen LogP contribution is 2.24. The van der Waals surface area contributed by atoms with Crippen molar-refractivity contribution in [3.8, 4) is 18.1 Å². The molecule has 0 spiro atoms. The zero-order chi connectivity index (χ0) is 20.1. The van der Waals surface area contributed by atoms with Crippen LogP contribution in [-0.2, 0) is 11.3 Å². The van der Waals surface area contributed by atoms with Crippen LogP contribution >= 0.6 is 23.1 Å². The summed E-state index contributed by atoms with van der Waals surface area (Å²) in [4.78, 5) is 28.4. The van der Waals surface area contributed by atoms with Crippen molar-refractivity contribution in [3.05, 3.63) is 57.4 Å². The number of aromatic nitrogens is 1. The number of amides is 1. The topological polar surface area (TPSA) is 86.7 Å². The van der Waals surface area contributed by atoms with E-state index in [1.54, 1.807) is 17.7 Å². The number of nitro benzene ring substituents is 1. The molecule has 3 rings (SSSR count). The molecule has 0 atom stereocenters. The highest BCUT2D eigenvalue weighted by molar-refractivity contribution is 8.00. The number of carbonyl (C=O) groups is 1. The SMILES string of the molecule is C#CCn1c(=NC(=O)CSc2ccc(OC)cc2)sc2ccc([N+](=O)[O-])cc21. The fourth-order valence-electron chi connectivity index (χ4n) is 2.46. The summed E-state index contributed by atoms with van der Waals surface area (Å²) in [6.45, 7) is 0.166. The van der Waals surface area contributed by atoms with Gasteiger partial charge in [0, 0.05) is 17.0 Å². The van der Waals surface area contributed by atoms with Gasteiger partial charge in [0.15, 0.2) is 4.80 Å². The highest BCUT2D eigenvalue weighted by Gasteiger charge is 2.12. The lowest BCUT2D eigenvalue weighted by Gasteiger charge is -2.02. The molecule has 0 radical (unpaired) electrons. The van der Waals surface area contributed by atoms with E-state index in [1.165, 1.54) is 35.2 Å². The summed E-state index contributed by atoms with van der Waals surface area (Å²) in [5.41, 5.74) is 0.551. The van der Waals surface area contributed by atoms with Crippen LogP contribution in [0.1, 0.15) is 0 Å². The fraction of sp³-hybridized carbons (Fsp3) is 0.158. The molecule has 0 saturated carbocycles. The van der Waals surface area contributed by atoms with Crippen LogP contribution < -0.4 is 9.54 Å². The number of non-ortho nitro benzene ring substituents is 1. The Bertz CT molecular complexity index is 1140. The van der Waals surface area contributed by atoms with E-state index in [1.807, 2.05) is 24.3 Å². The van der Waals surface area contributed by atoms with E-state index in [2.05, 4.69) is 10.9 Å². The number of thioether (sulfide) groups is 1. The summed E-state index contributed by atoms with van der Waals surface area (Å²) in [5.74, 6) is 3.10. The molecule has 0 aliphatic heterocycles. The van der Waals surface area contributed by atoms with Gasteiger partial charge in [0.1, 0.15) is 5.75 Å². The van der Waals surface area contributed by atoms with Crippen LogP contribution in [-0.4, -0.2) is 28.3 Å². The van der Waals surface area contributed by atoms with Crippen LogP contribution in [0.15, 0.2) is 52.4 Å². The van der Waals surface area contributed by atoms with Crippen molar-refractivity contribution in [1.82, 2.24) is 4.57 Å². The summed E-state index contributed by atoms with van der Waals surface area (Å²) in [7, 11) is 1.59. The second kappa shape index (κ2) is 8.73. The molecule has 2 aromatic carbocycles. The summed E-state index contributed by atoms with van der Waals surface area (Å²) in [5, 5.41) is 11.0. The molecule has 3 aromatic rings. The zero-order valence-corrected chi connectivity index (χ0v) is 16.5. The van der Waals surface area contributed by atoms with Gasteiger partial charge in [-0.05, 0) is 30.3 Å². The van der Waals surface area contributed by atoms with Gasteiger partial charge in [0.2, 0.25) is 0 Å². The van der Waals surface area contributed by atoms with Crippen LogP contribution in [0, 0.1) is 22.5 Å². The molecule has 0 N–H and O–H groups in total. The van der Waals surface area contributed by atoms with Gasteiger partial charge in [0.05, 0.1) is 34.5 Å². The van der Waals surface area contributed by atoms with E-state index in [9.17, 15) is 14.9 Å². The van der Waals surface area contributed by atoms with Crippen LogP contribution in [0.2, 0.25) is 0 Å². The lowest BCUT2D eigenvalue weighted by molar-refractivity contribution is -0.384. The monoisotopic (exact) mass is 413 g/mol. The van der Waals surface area contributed by atoms with Gasteiger partial charge in [0.25, 0.3) is 11.6 Å². The van der Waals surface area contributed by atoms with Crippen LogP contribution in [0.5, 0.6) is 5.75 Å². The third-order valence-corrected chi connectivity index (χ3v) is 5.82. The summed E-state index contributed by atoms with van der Waals surface area (Å²) < 4.78 is 7.52. The van der Waals surface area contributed by atoms with Gasteiger partial charge < -0.3 is 9.30 Å². The second-order valence-electron chi connectivity index (χ2n) is 5.55. The van der Waals surface area contributed by atoms with E-state index < -0.39 is 4.92 Å². The Balaban J connectivity index is 1.87. The molecule has 1 heterocycles. The first-order valence-electron chi connectivity index (χ1n) is 8.07. The number of benzene rings is 2. The Labute approximate surface area is 168 Å². The number of thiazole rings is 1. The maximum Gasteiger partial charge on any atom is 0.271 e. The first-order valence-corrected chi connectivity index (χ1v) is 9.87. The number of nitro groups is 1. The first-order chi connectivity index (χ1) is 13.5. The predicted molar refractivity (Wildman–Crippen MR) is 110 cm³/mol. The van der Waals surface area contributed by atoms with Crippen LogP contribution in [0.25, 0.3) is 10.2 Å². The molecular formula is C19H15N3O4S2. The number of rotatable bonds is 6. The van der Waals surface area contributed by atoms with Crippen LogP contribution in [0.4, 0.5) is 5.69 Å². The van der Waals surface area contributed by atoms with Crippen molar-refractivity contribution in [2.45, 2.75) is 11.4 Å². The lowest BCUT2D eigenvalue weighted by atomic mass is 10.3. The predicted octanol–water partition coefficient (Wildman–Crippen LogP) is 3.47. The van der Waals surface area contributed by atoms with E-state index in [0.29, 0.717) is 10.3 Å². The third-order valence-electron chi connectivity index (χ3n) is 3.77. The molecule has 0 saturated heterocycles. The number of ether oxygens (including phenoxy) is 1. The standard InChI is InChI=1S/C19H15N3O4S2/c1-3-10-21-16-11-13(22(24)25)4-9-17(16)28-19(21)20-18(23)12-27-15-7-5-14(26-2)6-8-15/h1,4-9,11H,10,12H2,2H3. The Hall–Kier alpha value is -3.09. The maximum absolute atomic E-state index is 12.3. The molecule has 142 valence electrons. The third kappa shape index (κ3) is 4.42. The number of methoxy groups -OCH3 is 1. The first kappa shape index (κ1) is 19.7.